The smallest absolute Gasteiger partial charge is 0.230 e. The van der Waals surface area contributed by atoms with Crippen LogP contribution < -0.4 is 4.90 Å². The molecule has 0 atom stereocenters. The molecule has 4 heteroatoms. The molecule has 3 heterocycles. The topological polar surface area (TPSA) is 37.6 Å². The molecule has 1 aliphatic heterocycles. The first kappa shape index (κ1) is 12.9. The fraction of sp³-hybridized carbons (Fsp3) is 0.263. The first-order chi connectivity index (χ1) is 11.3. The molecule has 1 fully saturated rings. The lowest BCUT2D eigenvalue weighted by molar-refractivity contribution is -0.119. The molecule has 1 saturated carbocycles. The maximum absolute atomic E-state index is 12.4. The van der Waals surface area contributed by atoms with Crippen LogP contribution in [0.3, 0.4) is 0 Å². The molecule has 0 N–H and O–H groups in total. The highest BCUT2D eigenvalue weighted by molar-refractivity contribution is 5.98. The van der Waals surface area contributed by atoms with E-state index in [4.69, 9.17) is 0 Å². The lowest BCUT2D eigenvalue weighted by Crippen LogP contribution is -2.30. The van der Waals surface area contributed by atoms with Crippen molar-refractivity contribution in [2.45, 2.75) is 19.3 Å². The Morgan fingerprint density at radius 2 is 2.09 bits per heavy atom. The zero-order chi connectivity index (χ0) is 15.4. The molecule has 114 valence electrons. The van der Waals surface area contributed by atoms with Crippen LogP contribution in [0, 0.1) is 5.92 Å². The highest BCUT2D eigenvalue weighted by Crippen LogP contribution is 2.37. The molecule has 0 radical (unpaired) electrons. The van der Waals surface area contributed by atoms with E-state index in [1.807, 2.05) is 33.7 Å². The predicted molar refractivity (Wildman–Crippen MR) is 89.4 cm³/mol. The molecule has 0 saturated heterocycles. The molecule has 1 aliphatic carbocycles. The van der Waals surface area contributed by atoms with Gasteiger partial charge in [-0.15, -0.1) is 0 Å². The van der Waals surface area contributed by atoms with Crippen molar-refractivity contribution in [1.82, 2.24) is 9.38 Å². The molecule has 23 heavy (non-hydrogen) atoms. The Kier molecular flexibility index (Phi) is 2.62. The minimum absolute atomic E-state index is 0.277. The lowest BCUT2D eigenvalue weighted by Gasteiger charge is -2.17. The van der Waals surface area contributed by atoms with E-state index in [1.165, 1.54) is 5.56 Å². The molecule has 1 aromatic carbocycles. The molecule has 2 aromatic heterocycles. The number of rotatable bonds is 2. The number of imidazole rings is 1. The summed E-state index contributed by atoms with van der Waals surface area (Å²) in [6.45, 7) is 0.819. The van der Waals surface area contributed by atoms with E-state index in [0.29, 0.717) is 5.91 Å². The van der Waals surface area contributed by atoms with Crippen LogP contribution in [-0.4, -0.2) is 21.8 Å². The maximum atomic E-state index is 12.4. The van der Waals surface area contributed by atoms with Crippen molar-refractivity contribution < 1.29 is 4.79 Å². The van der Waals surface area contributed by atoms with Crippen LogP contribution >= 0.6 is 0 Å². The van der Waals surface area contributed by atoms with Crippen LogP contribution in [0.25, 0.3) is 16.9 Å². The van der Waals surface area contributed by atoms with Crippen LogP contribution in [0.2, 0.25) is 0 Å². The van der Waals surface area contributed by atoms with E-state index < -0.39 is 0 Å². The number of carbonyl (C=O) groups is 1. The molecule has 2 aliphatic rings. The summed E-state index contributed by atoms with van der Waals surface area (Å²) >= 11 is 0. The number of pyridine rings is 1. The van der Waals surface area contributed by atoms with Gasteiger partial charge >= 0.3 is 0 Å². The lowest BCUT2D eigenvalue weighted by atomic mass is 10.1. The average Bonchev–Trinajstić information content (AvgIpc) is 3.20. The van der Waals surface area contributed by atoms with E-state index in [-0.39, 0.29) is 5.92 Å². The van der Waals surface area contributed by atoms with Crippen molar-refractivity contribution in [2.75, 3.05) is 11.4 Å². The Bertz CT molecular complexity index is 890. The summed E-state index contributed by atoms with van der Waals surface area (Å²) in [5.41, 5.74) is 5.40. The van der Waals surface area contributed by atoms with Crippen LogP contribution in [0.15, 0.2) is 48.8 Å². The summed E-state index contributed by atoms with van der Waals surface area (Å²) < 4.78 is 2.03. The van der Waals surface area contributed by atoms with E-state index in [2.05, 4.69) is 29.4 Å². The predicted octanol–water partition coefficient (Wildman–Crippen LogP) is 3.30. The van der Waals surface area contributed by atoms with Gasteiger partial charge in [-0.2, -0.15) is 0 Å². The summed E-state index contributed by atoms with van der Waals surface area (Å²) in [5, 5.41) is 0. The number of anilines is 1. The molecule has 5 rings (SSSR count). The van der Waals surface area contributed by atoms with Gasteiger partial charge in [0.15, 0.2) is 0 Å². The number of aromatic nitrogens is 2. The van der Waals surface area contributed by atoms with Crippen molar-refractivity contribution in [1.29, 1.82) is 0 Å². The van der Waals surface area contributed by atoms with Gasteiger partial charge in [0, 0.05) is 36.1 Å². The number of hydrogen-bond acceptors (Lipinski definition) is 2. The van der Waals surface area contributed by atoms with Gasteiger partial charge in [0.05, 0.1) is 5.69 Å². The number of nitrogens with zero attached hydrogens (tertiary/aromatic N) is 3. The largest absolute Gasteiger partial charge is 0.312 e. The fourth-order valence-electron chi connectivity index (χ4n) is 3.41. The minimum atomic E-state index is 0.277. The summed E-state index contributed by atoms with van der Waals surface area (Å²) in [7, 11) is 0. The molecular weight excluding hydrogens is 286 g/mol. The summed E-state index contributed by atoms with van der Waals surface area (Å²) in [4.78, 5) is 19.0. The number of amides is 1. The van der Waals surface area contributed by atoms with Gasteiger partial charge < -0.3 is 9.30 Å². The summed E-state index contributed by atoms with van der Waals surface area (Å²) in [6, 6.07) is 12.4. The van der Waals surface area contributed by atoms with Gasteiger partial charge in [0.2, 0.25) is 5.91 Å². The number of benzene rings is 1. The van der Waals surface area contributed by atoms with Gasteiger partial charge in [-0.3, -0.25) is 4.79 Å². The van der Waals surface area contributed by atoms with Gasteiger partial charge in [0.1, 0.15) is 5.65 Å². The Morgan fingerprint density at radius 1 is 1.17 bits per heavy atom. The van der Waals surface area contributed by atoms with Crippen molar-refractivity contribution in [3.8, 4) is 11.3 Å². The van der Waals surface area contributed by atoms with E-state index >= 15 is 0 Å². The van der Waals surface area contributed by atoms with Crippen LogP contribution in [-0.2, 0) is 11.2 Å². The quantitative estimate of drug-likeness (QED) is 0.728. The van der Waals surface area contributed by atoms with Crippen LogP contribution in [0.4, 0.5) is 5.69 Å². The number of carbonyl (C=O) groups excluding carboxylic acids is 1. The molecule has 1 amide bonds. The number of fused-ring (bicyclic) bond motifs is 2. The van der Waals surface area contributed by atoms with Crippen LogP contribution in [0.5, 0.6) is 0 Å². The third-order valence-electron chi connectivity index (χ3n) is 4.83. The van der Waals surface area contributed by atoms with Crippen LogP contribution in [0.1, 0.15) is 18.4 Å². The SMILES string of the molecule is O=C(C1CC1)N1CCc2cc(-c3cn4ccccc4n3)ccc21. The molecule has 0 spiro atoms. The van der Waals surface area contributed by atoms with E-state index in [0.717, 1.165) is 48.4 Å². The average molecular weight is 303 g/mol. The molecule has 0 unspecified atom stereocenters. The Morgan fingerprint density at radius 3 is 2.91 bits per heavy atom. The second-order valence-corrected chi connectivity index (χ2v) is 6.45. The Labute approximate surface area is 134 Å². The van der Waals surface area contributed by atoms with Gasteiger partial charge in [-0.05, 0) is 49.1 Å². The van der Waals surface area contributed by atoms with Gasteiger partial charge in [-0.25, -0.2) is 4.98 Å². The van der Waals surface area contributed by atoms with E-state index in [9.17, 15) is 4.79 Å². The van der Waals surface area contributed by atoms with Gasteiger partial charge in [0.25, 0.3) is 0 Å². The van der Waals surface area contributed by atoms with Crippen molar-refractivity contribution >= 4 is 17.2 Å². The van der Waals surface area contributed by atoms with Crippen molar-refractivity contribution in [3.63, 3.8) is 0 Å². The summed E-state index contributed by atoms with van der Waals surface area (Å²) in [5.74, 6) is 0.586. The standard InChI is InChI=1S/C19H17N3O/c23-19(13-4-5-13)22-10-8-15-11-14(6-7-17(15)22)16-12-21-9-2-1-3-18(21)20-16/h1-3,6-7,9,11-13H,4-5,8,10H2. The second-order valence-electron chi connectivity index (χ2n) is 6.45. The Balaban J connectivity index is 1.52. The Hall–Kier alpha value is -2.62. The van der Waals surface area contributed by atoms with Crippen molar-refractivity contribution in [3.05, 3.63) is 54.4 Å². The third-order valence-corrected chi connectivity index (χ3v) is 4.83. The van der Waals surface area contributed by atoms with Gasteiger partial charge in [-0.1, -0.05) is 12.1 Å². The molecule has 3 aromatic rings. The molecule has 0 bridgehead atoms. The van der Waals surface area contributed by atoms with Crippen molar-refractivity contribution in [2.24, 2.45) is 5.92 Å². The zero-order valence-corrected chi connectivity index (χ0v) is 12.8. The first-order valence-corrected chi connectivity index (χ1v) is 8.18. The zero-order valence-electron chi connectivity index (χ0n) is 12.8. The summed E-state index contributed by atoms with van der Waals surface area (Å²) in [6.07, 6.45) is 7.12. The third kappa shape index (κ3) is 2.05. The maximum Gasteiger partial charge on any atom is 0.230 e. The monoisotopic (exact) mass is 303 g/mol. The minimum Gasteiger partial charge on any atom is -0.312 e. The second kappa shape index (κ2) is 4.69. The molecule has 4 nitrogen and oxygen atoms in total. The highest BCUT2D eigenvalue weighted by atomic mass is 16.2. The van der Waals surface area contributed by atoms with E-state index in [1.54, 1.807) is 0 Å². The normalized spacial score (nSPS) is 16.8. The fourth-order valence-corrected chi connectivity index (χ4v) is 3.41. The highest BCUT2D eigenvalue weighted by Gasteiger charge is 2.36. The first-order valence-electron chi connectivity index (χ1n) is 8.18. The molecular formula is C19H17N3O. The number of hydrogen-bond donors (Lipinski definition) is 0.